The van der Waals surface area contributed by atoms with Gasteiger partial charge in [0.1, 0.15) is 0 Å². The average Bonchev–Trinajstić information content (AvgIpc) is 3.15. The fourth-order valence-electron chi connectivity index (χ4n) is 7.01. The van der Waals surface area contributed by atoms with Gasteiger partial charge in [0.2, 0.25) is 0 Å². The van der Waals surface area contributed by atoms with Gasteiger partial charge in [0, 0.05) is 18.8 Å². The molecule has 3 aliphatic rings. The molecule has 5 nitrogen and oxygen atoms in total. The zero-order valence-electron chi connectivity index (χ0n) is 20.0. The van der Waals surface area contributed by atoms with Gasteiger partial charge in [-0.15, -0.1) is 0 Å². The van der Waals surface area contributed by atoms with Crippen LogP contribution in [0.25, 0.3) is 5.57 Å². The molecule has 6 heteroatoms. The molecule has 1 aromatic heterocycles. The van der Waals surface area contributed by atoms with E-state index in [1.54, 1.807) is 6.07 Å². The molecule has 1 heterocycles. The number of fused-ring (bicyclic) bond motifs is 5. The number of aromatic nitrogens is 1. The summed E-state index contributed by atoms with van der Waals surface area (Å²) in [5, 5.41) is 8.82. The third-order valence-electron chi connectivity index (χ3n) is 8.77. The highest BCUT2D eigenvalue weighted by molar-refractivity contribution is 7.91. The first-order valence-corrected chi connectivity index (χ1v) is 14.0. The predicted molar refractivity (Wildman–Crippen MR) is 132 cm³/mol. The topological polar surface area (TPSA) is 84.3 Å². The Morgan fingerprint density at radius 3 is 2.82 bits per heavy atom. The van der Waals surface area contributed by atoms with Gasteiger partial charge in [-0.1, -0.05) is 19.1 Å². The lowest BCUT2D eigenvalue weighted by atomic mass is 9.54. The third kappa shape index (κ3) is 3.90. The molecule has 0 bridgehead atoms. The molecular formula is C28H33NO4S. The number of aliphatic carboxylic acids is 1. The van der Waals surface area contributed by atoms with Crippen molar-refractivity contribution in [1.82, 2.24) is 4.98 Å². The molecule has 1 aromatic carbocycles. The summed E-state index contributed by atoms with van der Waals surface area (Å²) in [7, 11) is -3.46. The van der Waals surface area contributed by atoms with Gasteiger partial charge in [0.05, 0.1) is 10.6 Å². The van der Waals surface area contributed by atoms with Crippen LogP contribution in [0.2, 0.25) is 0 Å². The van der Waals surface area contributed by atoms with E-state index in [0.29, 0.717) is 22.6 Å². The van der Waals surface area contributed by atoms with Gasteiger partial charge in [0.25, 0.3) is 0 Å². The molecule has 1 saturated carbocycles. The number of benzene rings is 1. The molecular weight excluding hydrogens is 446 g/mol. The van der Waals surface area contributed by atoms with Crippen molar-refractivity contribution in [3.63, 3.8) is 0 Å². The van der Waals surface area contributed by atoms with Gasteiger partial charge < -0.3 is 5.11 Å². The lowest BCUT2D eigenvalue weighted by Gasteiger charge is -2.50. The molecule has 5 rings (SSSR count). The maximum Gasteiger partial charge on any atom is 0.303 e. The normalized spacial score (nSPS) is 27.9. The number of aryl methyl sites for hydroxylation is 2. The quantitative estimate of drug-likeness (QED) is 0.585. The minimum absolute atomic E-state index is 0.118. The summed E-state index contributed by atoms with van der Waals surface area (Å²) >= 11 is 0. The van der Waals surface area contributed by atoms with Crippen molar-refractivity contribution in [2.45, 2.75) is 69.6 Å². The Morgan fingerprint density at radius 2 is 2.06 bits per heavy atom. The number of sulfone groups is 1. The van der Waals surface area contributed by atoms with Crippen LogP contribution in [0.15, 0.2) is 47.6 Å². The minimum atomic E-state index is -3.46. The summed E-state index contributed by atoms with van der Waals surface area (Å²) < 4.78 is 25.5. The summed E-state index contributed by atoms with van der Waals surface area (Å²) in [5.41, 5.74) is 6.71. The maximum atomic E-state index is 12.8. The van der Waals surface area contributed by atoms with Gasteiger partial charge in [-0.3, -0.25) is 9.78 Å². The second-order valence-electron chi connectivity index (χ2n) is 10.6. The van der Waals surface area contributed by atoms with Crippen LogP contribution in [-0.4, -0.2) is 30.2 Å². The first kappa shape index (κ1) is 23.3. The van der Waals surface area contributed by atoms with E-state index >= 15 is 0 Å². The monoisotopic (exact) mass is 479 g/mol. The summed E-state index contributed by atoms with van der Waals surface area (Å²) in [6.07, 6.45) is 11.7. The third-order valence-corrected chi connectivity index (χ3v) is 10.6. The average molecular weight is 480 g/mol. The second kappa shape index (κ2) is 8.63. The standard InChI is InChI=1S/C28H33NO4S/c1-18-12-14-29-17-24(18)26-10-9-25-23-7-5-19-16-20(34(32,33)15-3-4-27(30)31)6-8-21(19)22(23)11-13-28(25,26)2/h6,8,10,12,14,16-17,22-23,25H,3-5,7,9,11,13,15H2,1-2H3,(H,30,31)/t22?,23?,25?,28-/m0/s1. The number of rotatable bonds is 6. The Hall–Kier alpha value is -2.47. The summed E-state index contributed by atoms with van der Waals surface area (Å²) in [6, 6.07) is 7.77. The maximum absolute atomic E-state index is 12.8. The van der Waals surface area contributed by atoms with E-state index in [1.807, 2.05) is 24.5 Å². The molecule has 0 amide bonds. The zero-order valence-corrected chi connectivity index (χ0v) is 20.8. The van der Waals surface area contributed by atoms with Crippen molar-refractivity contribution in [1.29, 1.82) is 0 Å². The highest BCUT2D eigenvalue weighted by Gasteiger charge is 2.52. The van der Waals surface area contributed by atoms with Gasteiger partial charge in [-0.2, -0.15) is 0 Å². The van der Waals surface area contributed by atoms with Gasteiger partial charge in [-0.05, 0) is 115 Å². The largest absolute Gasteiger partial charge is 0.481 e. The first-order chi connectivity index (χ1) is 16.2. The van der Waals surface area contributed by atoms with E-state index in [0.717, 1.165) is 32.1 Å². The van der Waals surface area contributed by atoms with Crippen molar-refractivity contribution in [2.24, 2.45) is 17.3 Å². The number of hydrogen-bond acceptors (Lipinski definition) is 4. The predicted octanol–water partition coefficient (Wildman–Crippen LogP) is 5.58. The van der Waals surface area contributed by atoms with E-state index in [2.05, 4.69) is 31.0 Å². The van der Waals surface area contributed by atoms with Crippen molar-refractivity contribution < 1.29 is 18.3 Å². The Kier molecular flexibility index (Phi) is 5.91. The number of nitrogens with zero attached hydrogens (tertiary/aromatic N) is 1. The van der Waals surface area contributed by atoms with Crippen LogP contribution in [0.3, 0.4) is 0 Å². The SMILES string of the molecule is Cc1ccncc1C1=CCC2C3CCc4cc(S(=O)(=O)CCCC(=O)O)ccc4C3CC[C@]12C. The number of allylic oxidation sites excluding steroid dienone is 2. The molecule has 2 aromatic rings. The Balaban J connectivity index is 1.38. The molecule has 1 N–H and O–H groups in total. The minimum Gasteiger partial charge on any atom is -0.481 e. The molecule has 4 atom stereocenters. The lowest BCUT2D eigenvalue weighted by molar-refractivity contribution is -0.137. The summed E-state index contributed by atoms with van der Waals surface area (Å²) in [4.78, 5) is 15.5. The fraction of sp³-hybridized carbons (Fsp3) is 0.500. The van der Waals surface area contributed by atoms with E-state index < -0.39 is 15.8 Å². The van der Waals surface area contributed by atoms with Crippen LogP contribution in [0.1, 0.15) is 73.6 Å². The summed E-state index contributed by atoms with van der Waals surface area (Å²) in [6.45, 7) is 4.62. The Morgan fingerprint density at radius 1 is 1.24 bits per heavy atom. The number of pyridine rings is 1. The number of hydrogen-bond donors (Lipinski definition) is 1. The van der Waals surface area contributed by atoms with Crippen LogP contribution in [0, 0.1) is 24.2 Å². The van der Waals surface area contributed by atoms with Crippen LogP contribution in [0.4, 0.5) is 0 Å². The highest BCUT2D eigenvalue weighted by atomic mass is 32.2. The van der Waals surface area contributed by atoms with Crippen LogP contribution >= 0.6 is 0 Å². The molecule has 1 fully saturated rings. The highest BCUT2D eigenvalue weighted by Crippen LogP contribution is 2.63. The van der Waals surface area contributed by atoms with E-state index in [-0.39, 0.29) is 24.0 Å². The van der Waals surface area contributed by atoms with Crippen molar-refractivity contribution in [2.75, 3.05) is 5.75 Å². The Bertz CT molecular complexity index is 1260. The smallest absolute Gasteiger partial charge is 0.303 e. The van der Waals surface area contributed by atoms with Crippen molar-refractivity contribution >= 4 is 21.4 Å². The van der Waals surface area contributed by atoms with Crippen molar-refractivity contribution in [3.8, 4) is 0 Å². The van der Waals surface area contributed by atoms with Gasteiger partial charge in [0.15, 0.2) is 9.84 Å². The fourth-order valence-corrected chi connectivity index (χ4v) is 8.37. The van der Waals surface area contributed by atoms with E-state index in [1.165, 1.54) is 27.8 Å². The van der Waals surface area contributed by atoms with E-state index in [9.17, 15) is 13.2 Å². The summed E-state index contributed by atoms with van der Waals surface area (Å²) in [5.74, 6) is 0.614. The lowest BCUT2D eigenvalue weighted by Crippen LogP contribution is -2.41. The molecule has 0 spiro atoms. The van der Waals surface area contributed by atoms with E-state index in [4.69, 9.17) is 5.11 Å². The molecule has 0 radical (unpaired) electrons. The molecule has 34 heavy (non-hydrogen) atoms. The molecule has 180 valence electrons. The molecule has 0 aliphatic heterocycles. The van der Waals surface area contributed by atoms with Gasteiger partial charge >= 0.3 is 5.97 Å². The molecule has 0 saturated heterocycles. The van der Waals surface area contributed by atoms with Crippen LogP contribution in [0.5, 0.6) is 0 Å². The van der Waals surface area contributed by atoms with Crippen LogP contribution in [-0.2, 0) is 21.1 Å². The Labute approximate surface area is 202 Å². The van der Waals surface area contributed by atoms with Crippen molar-refractivity contribution in [3.05, 3.63) is 65.0 Å². The first-order valence-electron chi connectivity index (χ1n) is 12.4. The molecule has 3 unspecified atom stereocenters. The van der Waals surface area contributed by atoms with Crippen LogP contribution < -0.4 is 0 Å². The van der Waals surface area contributed by atoms with Gasteiger partial charge in [-0.25, -0.2) is 8.42 Å². The second-order valence-corrected chi connectivity index (χ2v) is 12.7. The number of carboxylic acids is 1. The number of carbonyl (C=O) groups is 1. The molecule has 3 aliphatic carbocycles. The zero-order chi connectivity index (χ0) is 24.1. The number of carboxylic acid groups (broad SMARTS) is 1.